The first kappa shape index (κ1) is 31.1. The summed E-state index contributed by atoms with van der Waals surface area (Å²) in [6.45, 7) is -0.124. The van der Waals surface area contributed by atoms with Crippen molar-refractivity contribution in [2.75, 3.05) is 27.9 Å². The number of ether oxygens (including phenoxy) is 4. The minimum absolute atomic E-state index is 0.0315. The van der Waals surface area contributed by atoms with E-state index in [2.05, 4.69) is 10.5 Å². The zero-order valence-electron chi connectivity index (χ0n) is 24.1. The Morgan fingerprint density at radius 2 is 1.37 bits per heavy atom. The molecule has 224 valence electrons. The highest BCUT2D eigenvalue weighted by Gasteiger charge is 2.28. The number of sulfonamides is 1. The summed E-state index contributed by atoms with van der Waals surface area (Å²) in [7, 11) is 0.302. The van der Waals surface area contributed by atoms with Gasteiger partial charge in [-0.05, 0) is 47.0 Å². The monoisotopic (exact) mass is 603 g/mol. The molecule has 11 heteroatoms. The standard InChI is InChI=1S/C32H33N3O7S/c1-39-28-17-15-27(19-31(28)41-3)43(37,38)35(21-24-10-6-4-7-11-24)22-32(36)34-33-20-26-14-16-29(30(18-26)40-2)42-23-25-12-8-5-9-13-25/h4-20H,21-23H2,1-3H3,(H,34,36)/b33-20-. The van der Waals surface area contributed by atoms with Crippen LogP contribution in [0.4, 0.5) is 0 Å². The van der Waals surface area contributed by atoms with Gasteiger partial charge in [0.15, 0.2) is 23.0 Å². The molecule has 0 fully saturated rings. The third-order valence-corrected chi connectivity index (χ3v) is 8.13. The van der Waals surface area contributed by atoms with Crippen molar-refractivity contribution >= 4 is 22.1 Å². The van der Waals surface area contributed by atoms with Crippen LogP contribution in [0.5, 0.6) is 23.0 Å². The fourth-order valence-corrected chi connectivity index (χ4v) is 5.53. The fourth-order valence-electron chi connectivity index (χ4n) is 4.13. The summed E-state index contributed by atoms with van der Waals surface area (Å²) in [5.41, 5.74) is 4.79. The van der Waals surface area contributed by atoms with Crippen LogP contribution in [0.3, 0.4) is 0 Å². The molecule has 0 atom stereocenters. The lowest BCUT2D eigenvalue weighted by Crippen LogP contribution is -2.39. The number of nitrogens with one attached hydrogen (secondary N) is 1. The maximum atomic E-state index is 13.7. The second-order valence-electron chi connectivity index (χ2n) is 9.25. The molecule has 0 radical (unpaired) electrons. The van der Waals surface area contributed by atoms with Crippen molar-refractivity contribution in [1.82, 2.24) is 9.73 Å². The number of hydrazone groups is 1. The SMILES string of the molecule is COc1ccc(S(=O)(=O)N(CC(=O)N/N=C\c2ccc(OCc3ccccc3)c(OC)c2)Cc2ccccc2)cc1OC. The van der Waals surface area contributed by atoms with Gasteiger partial charge in [-0.15, -0.1) is 0 Å². The van der Waals surface area contributed by atoms with Gasteiger partial charge in [-0.3, -0.25) is 4.79 Å². The van der Waals surface area contributed by atoms with Crippen molar-refractivity contribution in [3.8, 4) is 23.0 Å². The van der Waals surface area contributed by atoms with Crippen LogP contribution < -0.4 is 24.4 Å². The Morgan fingerprint density at radius 3 is 2.02 bits per heavy atom. The van der Waals surface area contributed by atoms with Crippen LogP contribution in [0.2, 0.25) is 0 Å². The minimum Gasteiger partial charge on any atom is -0.493 e. The highest BCUT2D eigenvalue weighted by molar-refractivity contribution is 7.89. The Hall–Kier alpha value is -4.87. The smallest absolute Gasteiger partial charge is 0.255 e. The lowest BCUT2D eigenvalue weighted by atomic mass is 10.2. The number of carbonyl (C=O) groups is 1. The van der Waals surface area contributed by atoms with Crippen molar-refractivity contribution < 1.29 is 32.2 Å². The van der Waals surface area contributed by atoms with Crippen LogP contribution in [0.25, 0.3) is 0 Å². The van der Waals surface area contributed by atoms with E-state index in [4.69, 9.17) is 18.9 Å². The molecular formula is C32H33N3O7S. The maximum absolute atomic E-state index is 13.7. The molecule has 0 bridgehead atoms. The van der Waals surface area contributed by atoms with Gasteiger partial charge < -0.3 is 18.9 Å². The zero-order valence-corrected chi connectivity index (χ0v) is 24.9. The number of amides is 1. The van der Waals surface area contributed by atoms with Crippen LogP contribution >= 0.6 is 0 Å². The number of methoxy groups -OCH3 is 3. The second-order valence-corrected chi connectivity index (χ2v) is 11.2. The molecule has 0 spiro atoms. The van der Waals surface area contributed by atoms with E-state index >= 15 is 0 Å². The van der Waals surface area contributed by atoms with Gasteiger partial charge in [-0.1, -0.05) is 60.7 Å². The summed E-state index contributed by atoms with van der Waals surface area (Å²) in [6, 6.07) is 28.3. The van der Waals surface area contributed by atoms with Crippen molar-refractivity contribution in [3.05, 3.63) is 114 Å². The summed E-state index contributed by atoms with van der Waals surface area (Å²) in [5.74, 6) is 1.08. The highest BCUT2D eigenvalue weighted by atomic mass is 32.2. The summed E-state index contributed by atoms with van der Waals surface area (Å²) in [6.07, 6.45) is 1.44. The number of carbonyl (C=O) groups excluding carboxylic acids is 1. The van der Waals surface area contributed by atoms with Gasteiger partial charge in [0, 0.05) is 12.6 Å². The largest absolute Gasteiger partial charge is 0.493 e. The molecule has 0 heterocycles. The molecule has 4 aromatic carbocycles. The Balaban J connectivity index is 1.46. The number of nitrogens with zero attached hydrogens (tertiary/aromatic N) is 2. The molecular weight excluding hydrogens is 570 g/mol. The molecule has 0 saturated carbocycles. The molecule has 0 aliphatic heterocycles. The Kier molecular flexibility index (Phi) is 10.7. The molecule has 0 aliphatic rings. The summed E-state index contributed by atoms with van der Waals surface area (Å²) < 4.78 is 50.3. The molecule has 4 rings (SSSR count). The molecule has 0 aliphatic carbocycles. The Morgan fingerprint density at radius 1 is 0.767 bits per heavy atom. The van der Waals surface area contributed by atoms with Gasteiger partial charge >= 0.3 is 0 Å². The lowest BCUT2D eigenvalue weighted by molar-refractivity contribution is -0.121. The second kappa shape index (κ2) is 14.9. The maximum Gasteiger partial charge on any atom is 0.255 e. The van der Waals surface area contributed by atoms with E-state index in [-0.39, 0.29) is 17.2 Å². The zero-order chi connectivity index (χ0) is 30.7. The first-order valence-corrected chi connectivity index (χ1v) is 14.7. The number of hydrogen-bond donors (Lipinski definition) is 1. The van der Waals surface area contributed by atoms with Crippen LogP contribution in [-0.4, -0.2) is 52.7 Å². The molecule has 43 heavy (non-hydrogen) atoms. The van der Waals surface area contributed by atoms with Crippen molar-refractivity contribution in [3.63, 3.8) is 0 Å². The first-order valence-electron chi connectivity index (χ1n) is 13.3. The van der Waals surface area contributed by atoms with E-state index in [9.17, 15) is 13.2 Å². The number of benzene rings is 4. The van der Waals surface area contributed by atoms with Crippen molar-refractivity contribution in [2.24, 2.45) is 5.10 Å². The van der Waals surface area contributed by atoms with E-state index in [1.165, 1.54) is 45.7 Å². The lowest BCUT2D eigenvalue weighted by Gasteiger charge is -2.22. The van der Waals surface area contributed by atoms with Gasteiger partial charge in [-0.25, -0.2) is 13.8 Å². The summed E-state index contributed by atoms with van der Waals surface area (Å²) >= 11 is 0. The molecule has 4 aromatic rings. The minimum atomic E-state index is -4.11. The predicted molar refractivity (Wildman–Crippen MR) is 163 cm³/mol. The van der Waals surface area contributed by atoms with E-state index in [1.54, 1.807) is 42.5 Å². The van der Waals surface area contributed by atoms with Crippen LogP contribution in [0, 0.1) is 0 Å². The van der Waals surface area contributed by atoms with E-state index < -0.39 is 22.5 Å². The molecule has 0 saturated heterocycles. The number of hydrogen-bond acceptors (Lipinski definition) is 8. The van der Waals surface area contributed by atoms with Crippen LogP contribution in [-0.2, 0) is 28.0 Å². The Labute approximate surface area is 251 Å². The molecule has 0 aromatic heterocycles. The predicted octanol–water partition coefficient (Wildman–Crippen LogP) is 4.63. The van der Waals surface area contributed by atoms with E-state index in [1.807, 2.05) is 36.4 Å². The van der Waals surface area contributed by atoms with Crippen LogP contribution in [0.1, 0.15) is 16.7 Å². The third kappa shape index (κ3) is 8.34. The van der Waals surface area contributed by atoms with E-state index in [0.29, 0.717) is 35.0 Å². The summed E-state index contributed by atoms with van der Waals surface area (Å²) in [4.78, 5) is 12.9. The first-order chi connectivity index (χ1) is 20.8. The topological polar surface area (TPSA) is 116 Å². The normalized spacial score (nSPS) is 11.3. The quantitative estimate of drug-likeness (QED) is 0.165. The third-order valence-electron chi connectivity index (χ3n) is 6.34. The molecule has 10 nitrogen and oxygen atoms in total. The van der Waals surface area contributed by atoms with Gasteiger partial charge in [0.05, 0.1) is 39.0 Å². The van der Waals surface area contributed by atoms with E-state index in [0.717, 1.165) is 9.87 Å². The van der Waals surface area contributed by atoms with Crippen LogP contribution in [0.15, 0.2) is 107 Å². The van der Waals surface area contributed by atoms with Gasteiger partial charge in [0.2, 0.25) is 10.0 Å². The number of rotatable bonds is 14. The van der Waals surface area contributed by atoms with Crippen molar-refractivity contribution in [2.45, 2.75) is 18.0 Å². The van der Waals surface area contributed by atoms with Gasteiger partial charge in [0.25, 0.3) is 5.91 Å². The fraction of sp³-hybridized carbons (Fsp3) is 0.188. The highest BCUT2D eigenvalue weighted by Crippen LogP contribution is 2.31. The molecule has 1 amide bonds. The summed E-state index contributed by atoms with van der Waals surface area (Å²) in [5, 5.41) is 4.03. The average Bonchev–Trinajstić information content (AvgIpc) is 3.04. The average molecular weight is 604 g/mol. The van der Waals surface area contributed by atoms with Crippen molar-refractivity contribution in [1.29, 1.82) is 0 Å². The van der Waals surface area contributed by atoms with Gasteiger partial charge in [-0.2, -0.15) is 9.41 Å². The Bertz CT molecular complexity index is 1650. The molecule has 0 unspecified atom stereocenters. The molecule has 1 N–H and O–H groups in total. The van der Waals surface area contributed by atoms with Gasteiger partial charge in [0.1, 0.15) is 6.61 Å².